The van der Waals surface area contributed by atoms with Crippen molar-refractivity contribution < 1.29 is 9.84 Å². The van der Waals surface area contributed by atoms with Crippen LogP contribution in [0.3, 0.4) is 0 Å². The average molecular weight is 311 g/mol. The van der Waals surface area contributed by atoms with Crippen LogP contribution >= 0.6 is 0 Å². The van der Waals surface area contributed by atoms with E-state index in [-0.39, 0.29) is 5.75 Å². The molecule has 3 heteroatoms. The molecule has 0 spiro atoms. The summed E-state index contributed by atoms with van der Waals surface area (Å²) in [6.07, 6.45) is 1.71. The third kappa shape index (κ3) is 3.92. The Morgan fingerprint density at radius 3 is 2.13 bits per heavy atom. The van der Waals surface area contributed by atoms with Gasteiger partial charge in [0.15, 0.2) is 0 Å². The minimum atomic E-state index is 0.197. The number of hydrogen-bond acceptors (Lipinski definition) is 3. The van der Waals surface area contributed by atoms with Gasteiger partial charge in [0.05, 0.1) is 12.8 Å². The zero-order chi connectivity index (χ0) is 17.0. The summed E-state index contributed by atoms with van der Waals surface area (Å²) in [5.74, 6) is 1.67. The molecule has 1 N–H and O–H groups in total. The van der Waals surface area contributed by atoms with Gasteiger partial charge in [0.25, 0.3) is 0 Å². The molecule has 0 saturated heterocycles. The van der Waals surface area contributed by atoms with Crippen LogP contribution in [-0.4, -0.2) is 18.4 Å². The number of aromatic hydroxyl groups is 1. The van der Waals surface area contributed by atoms with Crippen molar-refractivity contribution in [3.8, 4) is 11.5 Å². The number of phenolic OH excluding ortho intramolecular Hbond substituents is 1. The van der Waals surface area contributed by atoms with E-state index < -0.39 is 0 Å². The first-order chi connectivity index (χ1) is 10.9. The van der Waals surface area contributed by atoms with Gasteiger partial charge in [0, 0.05) is 11.8 Å². The molecule has 0 aliphatic carbocycles. The molecular weight excluding hydrogens is 286 g/mol. The minimum absolute atomic E-state index is 0.197. The van der Waals surface area contributed by atoms with Gasteiger partial charge < -0.3 is 9.84 Å². The normalized spacial score (nSPS) is 11.6. The number of para-hydroxylation sites is 1. The van der Waals surface area contributed by atoms with Crippen molar-refractivity contribution in [1.29, 1.82) is 0 Å². The molecule has 0 unspecified atom stereocenters. The van der Waals surface area contributed by atoms with E-state index in [2.05, 4.69) is 45.9 Å². The monoisotopic (exact) mass is 311 g/mol. The van der Waals surface area contributed by atoms with Crippen LogP contribution in [0.4, 0.5) is 5.69 Å². The Kier molecular flexibility index (Phi) is 5.43. The zero-order valence-electron chi connectivity index (χ0n) is 14.5. The third-order valence-electron chi connectivity index (χ3n) is 3.91. The fraction of sp³-hybridized carbons (Fsp3) is 0.350. The number of rotatable bonds is 5. The van der Waals surface area contributed by atoms with Gasteiger partial charge >= 0.3 is 0 Å². The molecule has 0 amide bonds. The van der Waals surface area contributed by atoms with Crippen LogP contribution in [-0.2, 0) is 0 Å². The molecule has 0 bridgehead atoms. The number of hydrogen-bond donors (Lipinski definition) is 1. The molecule has 0 atom stereocenters. The van der Waals surface area contributed by atoms with Crippen molar-refractivity contribution in [2.75, 3.05) is 7.11 Å². The van der Waals surface area contributed by atoms with Crippen LogP contribution in [0.1, 0.15) is 56.2 Å². The Labute approximate surface area is 138 Å². The van der Waals surface area contributed by atoms with Gasteiger partial charge in [-0.3, -0.25) is 4.99 Å². The van der Waals surface area contributed by atoms with E-state index in [0.717, 1.165) is 5.69 Å². The number of methoxy groups -OCH3 is 1. The maximum Gasteiger partial charge on any atom is 0.124 e. The van der Waals surface area contributed by atoms with E-state index in [1.54, 1.807) is 31.5 Å². The molecule has 0 radical (unpaired) electrons. The summed E-state index contributed by atoms with van der Waals surface area (Å²) in [5, 5.41) is 10.0. The Hall–Kier alpha value is -2.29. The van der Waals surface area contributed by atoms with Gasteiger partial charge in [0.2, 0.25) is 0 Å². The van der Waals surface area contributed by atoms with E-state index >= 15 is 0 Å². The van der Waals surface area contributed by atoms with E-state index in [1.807, 2.05) is 0 Å². The minimum Gasteiger partial charge on any atom is -0.507 e. The lowest BCUT2D eigenvalue weighted by atomic mass is 9.93. The van der Waals surface area contributed by atoms with Gasteiger partial charge in [-0.15, -0.1) is 0 Å². The fourth-order valence-corrected chi connectivity index (χ4v) is 2.56. The van der Waals surface area contributed by atoms with Crippen LogP contribution in [0.5, 0.6) is 11.5 Å². The van der Waals surface area contributed by atoms with Crippen LogP contribution in [0.2, 0.25) is 0 Å². The summed E-state index contributed by atoms with van der Waals surface area (Å²) in [6, 6.07) is 11.5. The number of ether oxygens (including phenoxy) is 1. The summed E-state index contributed by atoms with van der Waals surface area (Å²) in [5.41, 5.74) is 4.09. The number of nitrogens with zero attached hydrogens (tertiary/aromatic N) is 1. The second-order valence-corrected chi connectivity index (χ2v) is 6.28. The highest BCUT2D eigenvalue weighted by Crippen LogP contribution is 2.35. The summed E-state index contributed by atoms with van der Waals surface area (Å²) in [6.45, 7) is 8.67. The van der Waals surface area contributed by atoms with E-state index in [0.29, 0.717) is 23.1 Å². The molecule has 2 aromatic carbocycles. The number of phenols is 1. The Morgan fingerprint density at radius 1 is 1.00 bits per heavy atom. The largest absolute Gasteiger partial charge is 0.507 e. The molecular formula is C20H25NO2. The summed E-state index contributed by atoms with van der Waals surface area (Å²) >= 11 is 0. The molecule has 0 aliphatic rings. The quantitative estimate of drug-likeness (QED) is 0.751. The molecule has 2 aromatic rings. The van der Waals surface area contributed by atoms with Crippen LogP contribution in [0.15, 0.2) is 41.4 Å². The second kappa shape index (κ2) is 7.32. The Balaban J connectivity index is 2.50. The number of aliphatic imine (C=N–C) groups is 1. The second-order valence-electron chi connectivity index (χ2n) is 6.28. The first kappa shape index (κ1) is 17.1. The van der Waals surface area contributed by atoms with Crippen molar-refractivity contribution in [3.05, 3.63) is 53.1 Å². The number of benzene rings is 2. The Bertz CT molecular complexity index is 677. The first-order valence-corrected chi connectivity index (χ1v) is 7.98. The topological polar surface area (TPSA) is 41.8 Å². The predicted octanol–water partition coefficient (Wildman–Crippen LogP) is 5.40. The zero-order valence-corrected chi connectivity index (χ0v) is 14.5. The third-order valence-corrected chi connectivity index (χ3v) is 3.91. The van der Waals surface area contributed by atoms with Crippen molar-refractivity contribution in [1.82, 2.24) is 0 Å². The highest BCUT2D eigenvalue weighted by Gasteiger charge is 2.13. The van der Waals surface area contributed by atoms with Gasteiger partial charge in [-0.05, 0) is 41.2 Å². The van der Waals surface area contributed by atoms with Crippen molar-refractivity contribution >= 4 is 11.9 Å². The van der Waals surface area contributed by atoms with Crippen molar-refractivity contribution in [2.24, 2.45) is 4.99 Å². The van der Waals surface area contributed by atoms with E-state index in [1.165, 1.54) is 11.1 Å². The fourth-order valence-electron chi connectivity index (χ4n) is 2.56. The lowest BCUT2D eigenvalue weighted by Crippen LogP contribution is -1.96. The molecule has 2 rings (SSSR count). The van der Waals surface area contributed by atoms with E-state index in [9.17, 15) is 5.11 Å². The lowest BCUT2D eigenvalue weighted by molar-refractivity contribution is 0.412. The Morgan fingerprint density at radius 2 is 1.61 bits per heavy atom. The maximum atomic E-state index is 10.0. The maximum absolute atomic E-state index is 10.0. The standard InChI is InChI=1S/C20H25NO2/c1-13(2)17-7-6-8-18(14(3)4)20(17)21-12-15-11-16(23-5)9-10-19(15)22/h6-14,22H,1-5H3. The molecule has 0 saturated carbocycles. The molecule has 0 aromatic heterocycles. The van der Waals surface area contributed by atoms with Gasteiger partial charge in [-0.25, -0.2) is 0 Å². The predicted molar refractivity (Wildman–Crippen MR) is 96.5 cm³/mol. The summed E-state index contributed by atoms with van der Waals surface area (Å²) in [4.78, 5) is 4.71. The van der Waals surface area contributed by atoms with Gasteiger partial charge in [-0.1, -0.05) is 45.9 Å². The first-order valence-electron chi connectivity index (χ1n) is 7.98. The molecule has 3 nitrogen and oxygen atoms in total. The van der Waals surface area contributed by atoms with Crippen LogP contribution in [0, 0.1) is 0 Å². The van der Waals surface area contributed by atoms with Crippen molar-refractivity contribution in [2.45, 2.75) is 39.5 Å². The summed E-state index contributed by atoms with van der Waals surface area (Å²) in [7, 11) is 1.61. The molecule has 0 heterocycles. The molecule has 122 valence electrons. The molecule has 0 fully saturated rings. The highest BCUT2D eigenvalue weighted by atomic mass is 16.5. The average Bonchev–Trinajstić information content (AvgIpc) is 2.53. The highest BCUT2D eigenvalue weighted by molar-refractivity contribution is 5.86. The summed E-state index contributed by atoms with van der Waals surface area (Å²) < 4.78 is 5.21. The molecule has 23 heavy (non-hydrogen) atoms. The van der Waals surface area contributed by atoms with Gasteiger partial charge in [0.1, 0.15) is 11.5 Å². The smallest absolute Gasteiger partial charge is 0.124 e. The SMILES string of the molecule is COc1ccc(O)c(C=Nc2c(C(C)C)cccc2C(C)C)c1. The van der Waals surface area contributed by atoms with E-state index in [4.69, 9.17) is 9.73 Å². The molecule has 0 aliphatic heterocycles. The van der Waals surface area contributed by atoms with Gasteiger partial charge in [-0.2, -0.15) is 0 Å². The van der Waals surface area contributed by atoms with Crippen LogP contribution < -0.4 is 4.74 Å². The lowest BCUT2D eigenvalue weighted by Gasteiger charge is -2.16. The van der Waals surface area contributed by atoms with Crippen LogP contribution in [0.25, 0.3) is 0 Å². The van der Waals surface area contributed by atoms with Crippen molar-refractivity contribution in [3.63, 3.8) is 0 Å².